The molecule has 0 bridgehead atoms. The minimum Gasteiger partial charge on any atom is -0.369 e. The van der Waals surface area contributed by atoms with Crippen molar-refractivity contribution in [2.45, 2.75) is 76.3 Å². The minimum absolute atomic E-state index is 0.145. The van der Waals surface area contributed by atoms with Crippen LogP contribution in [0.4, 0.5) is 0 Å². The van der Waals surface area contributed by atoms with Crippen LogP contribution in [0.5, 0.6) is 0 Å². The molecule has 2 aliphatic carbocycles. The van der Waals surface area contributed by atoms with Gasteiger partial charge in [-0.25, -0.2) is 9.13 Å². The van der Waals surface area contributed by atoms with Gasteiger partial charge in [0.1, 0.15) is 30.4 Å². The number of rotatable bonds is 8. The van der Waals surface area contributed by atoms with Gasteiger partial charge < -0.3 is 5.73 Å². The summed E-state index contributed by atoms with van der Waals surface area (Å²) in [4.78, 5) is 13.4. The fourth-order valence-corrected chi connectivity index (χ4v) is 6.92. The molecular weight excluding hydrogens is 442 g/mol. The molecule has 2 atom stereocenters. The first-order valence-electron chi connectivity index (χ1n) is 13.7. The van der Waals surface area contributed by atoms with E-state index >= 15 is 0 Å². The largest absolute Gasteiger partial charge is 0.369 e. The van der Waals surface area contributed by atoms with E-state index in [1.807, 2.05) is 36.4 Å². The number of hydrogen-bond acceptors (Lipinski definition) is 1. The molecule has 0 spiro atoms. The molecule has 0 aliphatic heterocycles. The van der Waals surface area contributed by atoms with Crippen LogP contribution in [-0.2, 0) is 16.8 Å². The van der Waals surface area contributed by atoms with Crippen LogP contribution >= 0.6 is 0 Å². The van der Waals surface area contributed by atoms with Gasteiger partial charge in [0, 0.05) is 6.92 Å². The van der Waals surface area contributed by atoms with Gasteiger partial charge in [0.25, 0.3) is 5.82 Å². The van der Waals surface area contributed by atoms with Gasteiger partial charge >= 0.3 is 0 Å². The summed E-state index contributed by atoms with van der Waals surface area (Å²) in [5.41, 5.74) is 7.47. The van der Waals surface area contributed by atoms with Crippen LogP contribution in [0, 0.1) is 18.8 Å². The summed E-state index contributed by atoms with van der Waals surface area (Å²) in [6.45, 7) is 3.14. The van der Waals surface area contributed by atoms with Crippen LogP contribution in [0.1, 0.15) is 74.4 Å². The van der Waals surface area contributed by atoms with Crippen molar-refractivity contribution in [2.24, 2.45) is 17.6 Å². The van der Waals surface area contributed by atoms with Crippen molar-refractivity contribution in [2.75, 3.05) is 0 Å². The Morgan fingerprint density at radius 3 is 2.22 bits per heavy atom. The van der Waals surface area contributed by atoms with Crippen molar-refractivity contribution in [1.82, 2.24) is 4.57 Å². The molecule has 36 heavy (non-hydrogen) atoms. The normalized spacial score (nSPS) is 21.2. The number of benzene rings is 2. The van der Waals surface area contributed by atoms with Crippen molar-refractivity contribution >= 4 is 5.91 Å². The first-order valence-corrected chi connectivity index (χ1v) is 13.7. The number of carbonyl (C=O) groups is 1. The molecule has 1 amide bonds. The van der Waals surface area contributed by atoms with Gasteiger partial charge in [0.2, 0.25) is 5.91 Å². The highest BCUT2D eigenvalue weighted by atomic mass is 16.1. The SMILES string of the molecule is Cc1n([C@H]2CC[C@@H](C(C(N)=O)(c3ccccc3)c3ccccc3)C2)cc[n+]1C/C=C/C1CCCCC1. The molecule has 1 aromatic heterocycles. The highest BCUT2D eigenvalue weighted by Crippen LogP contribution is 2.49. The first kappa shape index (κ1) is 24.5. The lowest BCUT2D eigenvalue weighted by Gasteiger charge is -2.37. The molecule has 5 rings (SSSR count). The maximum Gasteiger partial charge on any atom is 0.253 e. The lowest BCUT2D eigenvalue weighted by atomic mass is 9.64. The molecule has 3 aromatic rings. The van der Waals surface area contributed by atoms with E-state index in [2.05, 4.69) is 64.9 Å². The summed E-state index contributed by atoms with van der Waals surface area (Å²) in [6.07, 6.45) is 19.0. The third-order valence-corrected chi connectivity index (χ3v) is 8.81. The van der Waals surface area contributed by atoms with Crippen molar-refractivity contribution in [3.63, 3.8) is 0 Å². The van der Waals surface area contributed by atoms with Crippen LogP contribution in [0.3, 0.4) is 0 Å². The lowest BCUT2D eigenvalue weighted by Crippen LogP contribution is -2.47. The molecule has 2 saturated carbocycles. The van der Waals surface area contributed by atoms with Crippen molar-refractivity contribution < 1.29 is 9.36 Å². The zero-order chi connectivity index (χ0) is 25.0. The molecule has 1 heterocycles. The number of hydrogen-bond donors (Lipinski definition) is 1. The van der Waals surface area contributed by atoms with Gasteiger partial charge in [-0.3, -0.25) is 4.79 Å². The topological polar surface area (TPSA) is 51.9 Å². The maximum atomic E-state index is 13.4. The fourth-order valence-electron chi connectivity index (χ4n) is 6.92. The molecule has 0 unspecified atom stereocenters. The Labute approximate surface area is 215 Å². The van der Waals surface area contributed by atoms with Crippen LogP contribution < -0.4 is 10.3 Å². The molecule has 2 aromatic carbocycles. The van der Waals surface area contributed by atoms with Gasteiger partial charge in [-0.2, -0.15) is 0 Å². The van der Waals surface area contributed by atoms with E-state index in [4.69, 9.17) is 5.73 Å². The number of aromatic nitrogens is 2. The number of carbonyl (C=O) groups excluding carboxylic acids is 1. The van der Waals surface area contributed by atoms with E-state index in [0.29, 0.717) is 6.04 Å². The second-order valence-corrected chi connectivity index (χ2v) is 10.8. The monoisotopic (exact) mass is 482 g/mol. The summed E-state index contributed by atoms with van der Waals surface area (Å²) in [5.74, 6) is 1.93. The van der Waals surface area contributed by atoms with Crippen LogP contribution in [-0.4, -0.2) is 10.5 Å². The number of nitrogens with two attached hydrogens (primary N) is 1. The quantitative estimate of drug-likeness (QED) is 0.309. The second-order valence-electron chi connectivity index (χ2n) is 10.8. The summed E-state index contributed by atoms with van der Waals surface area (Å²) >= 11 is 0. The fraction of sp³-hybridized carbons (Fsp3) is 0.438. The molecule has 2 fully saturated rings. The highest BCUT2D eigenvalue weighted by molar-refractivity contribution is 5.91. The van der Waals surface area contributed by atoms with Gasteiger partial charge in [0.05, 0.1) is 0 Å². The van der Waals surface area contributed by atoms with Gasteiger partial charge in [-0.1, -0.05) is 86.0 Å². The summed E-state index contributed by atoms with van der Waals surface area (Å²) in [7, 11) is 0. The van der Waals surface area contributed by atoms with Gasteiger partial charge in [-0.05, 0) is 61.1 Å². The third kappa shape index (κ3) is 4.66. The van der Waals surface area contributed by atoms with Crippen molar-refractivity contribution in [1.29, 1.82) is 0 Å². The first-order chi connectivity index (χ1) is 17.6. The molecule has 4 nitrogen and oxygen atoms in total. The number of allylic oxidation sites excluding steroid dienone is 2. The average Bonchev–Trinajstić information content (AvgIpc) is 3.53. The Kier molecular flexibility index (Phi) is 7.41. The third-order valence-electron chi connectivity index (χ3n) is 8.81. The Bertz CT molecular complexity index is 1140. The van der Waals surface area contributed by atoms with Crippen LogP contribution in [0.25, 0.3) is 0 Å². The molecule has 4 heteroatoms. The predicted molar refractivity (Wildman–Crippen MR) is 144 cm³/mol. The number of primary amides is 1. The Hall–Kier alpha value is -3.14. The van der Waals surface area contributed by atoms with E-state index < -0.39 is 5.41 Å². The van der Waals surface area contributed by atoms with Gasteiger partial charge in [-0.15, -0.1) is 0 Å². The Balaban J connectivity index is 1.38. The van der Waals surface area contributed by atoms with Crippen LogP contribution in [0.2, 0.25) is 0 Å². The van der Waals surface area contributed by atoms with Crippen molar-refractivity contribution in [3.8, 4) is 0 Å². The van der Waals surface area contributed by atoms with E-state index in [1.54, 1.807) is 0 Å². The predicted octanol–water partition coefficient (Wildman–Crippen LogP) is 6.03. The average molecular weight is 483 g/mol. The Morgan fingerprint density at radius 2 is 1.61 bits per heavy atom. The number of imidazole rings is 1. The molecule has 2 aliphatic rings. The lowest BCUT2D eigenvalue weighted by molar-refractivity contribution is -0.692. The summed E-state index contributed by atoms with van der Waals surface area (Å²) in [6, 6.07) is 20.7. The number of amides is 1. The molecule has 0 saturated heterocycles. The number of nitrogens with zero attached hydrogens (tertiary/aromatic N) is 2. The molecule has 188 valence electrons. The smallest absolute Gasteiger partial charge is 0.253 e. The zero-order valence-corrected chi connectivity index (χ0v) is 21.6. The molecular formula is C32H40N3O+. The van der Waals surface area contributed by atoms with E-state index in [9.17, 15) is 4.79 Å². The standard InChI is InChI=1S/C32H39N3O/c1-25-34(21-11-14-26-12-5-2-6-13-26)22-23-35(25)30-20-19-29(24-30)32(31(33)36,27-15-7-3-8-16-27)28-17-9-4-10-18-28/h3-4,7-11,14-18,22-23,26,29-30H,2,5-6,12-13,19-21,24H2,1H3,(H-,33,36)/p+1/b14-11+/t29-,30+/m1/s1. The molecule has 0 radical (unpaired) electrons. The molecule has 2 N–H and O–H groups in total. The minimum atomic E-state index is -0.822. The van der Waals surface area contributed by atoms with Crippen molar-refractivity contribution in [3.05, 3.63) is 102 Å². The maximum absolute atomic E-state index is 13.4. The summed E-state index contributed by atoms with van der Waals surface area (Å²) < 4.78 is 4.78. The summed E-state index contributed by atoms with van der Waals surface area (Å²) in [5, 5.41) is 0. The van der Waals surface area contributed by atoms with Crippen LogP contribution in [0.15, 0.2) is 85.2 Å². The second kappa shape index (κ2) is 10.9. The van der Waals surface area contributed by atoms with E-state index in [-0.39, 0.29) is 11.8 Å². The van der Waals surface area contributed by atoms with E-state index in [1.165, 1.54) is 37.9 Å². The van der Waals surface area contributed by atoms with E-state index in [0.717, 1.165) is 42.9 Å². The zero-order valence-electron chi connectivity index (χ0n) is 21.6. The Morgan fingerprint density at radius 1 is 0.972 bits per heavy atom. The van der Waals surface area contributed by atoms with Gasteiger partial charge in [0.15, 0.2) is 0 Å². The highest BCUT2D eigenvalue weighted by Gasteiger charge is 2.51.